The Bertz CT molecular complexity index is 1070. The fraction of sp³-hybridized carbons (Fsp3) is 0.409. The van der Waals surface area contributed by atoms with Crippen LogP contribution in [0.4, 0.5) is 23.7 Å². The second kappa shape index (κ2) is 10.6. The van der Waals surface area contributed by atoms with Gasteiger partial charge in [0.15, 0.2) is 6.10 Å². The lowest BCUT2D eigenvalue weighted by Gasteiger charge is -2.30. The Morgan fingerprint density at radius 3 is 2.26 bits per heavy atom. The summed E-state index contributed by atoms with van der Waals surface area (Å²) < 4.78 is 74.0. The average molecular weight is 503 g/mol. The molecule has 1 fully saturated rings. The number of piperidine rings is 1. The first-order valence-corrected chi connectivity index (χ1v) is 11.9. The van der Waals surface area contributed by atoms with E-state index in [2.05, 4.69) is 5.32 Å². The molecule has 1 unspecified atom stereocenters. The molecule has 1 atom stereocenters. The predicted molar refractivity (Wildman–Crippen MR) is 117 cm³/mol. The van der Waals surface area contributed by atoms with Crippen LogP contribution in [-0.2, 0) is 14.8 Å². The number of alkyl halides is 3. The number of ether oxygens (including phenoxy) is 2. The Morgan fingerprint density at radius 2 is 1.71 bits per heavy atom. The number of aliphatic hydroxyl groups excluding tert-OH is 1. The zero-order valence-corrected chi connectivity index (χ0v) is 19.1. The van der Waals surface area contributed by atoms with E-state index < -0.39 is 41.1 Å². The van der Waals surface area contributed by atoms with Gasteiger partial charge in [-0.15, -0.1) is 0 Å². The first-order chi connectivity index (χ1) is 15.9. The Morgan fingerprint density at radius 1 is 1.12 bits per heavy atom. The lowest BCUT2D eigenvalue weighted by molar-refractivity contribution is -0.210. The van der Waals surface area contributed by atoms with E-state index in [1.807, 2.05) is 6.92 Å². The summed E-state index contributed by atoms with van der Waals surface area (Å²) in [4.78, 5) is 12.4. The molecule has 0 saturated carbocycles. The van der Waals surface area contributed by atoms with Gasteiger partial charge in [0, 0.05) is 18.8 Å². The molecule has 8 nitrogen and oxygen atoms in total. The zero-order valence-electron chi connectivity index (χ0n) is 18.3. The van der Waals surface area contributed by atoms with E-state index in [-0.39, 0.29) is 23.7 Å². The highest BCUT2D eigenvalue weighted by Gasteiger charge is 2.38. The van der Waals surface area contributed by atoms with Crippen LogP contribution in [0.2, 0.25) is 0 Å². The number of nitrogens with zero attached hydrogens (tertiary/aromatic N) is 1. The smallest absolute Gasteiger partial charge is 0.417 e. The molecule has 1 aliphatic rings. The van der Waals surface area contributed by atoms with Crippen molar-refractivity contribution >= 4 is 21.8 Å². The molecule has 1 amide bonds. The molecule has 2 aromatic carbocycles. The Kier molecular flexibility index (Phi) is 8.05. The largest absolute Gasteiger partial charge is 0.491 e. The van der Waals surface area contributed by atoms with E-state index in [1.54, 1.807) is 24.3 Å². The molecule has 186 valence electrons. The molecule has 2 N–H and O–H groups in total. The molecule has 3 rings (SSSR count). The van der Waals surface area contributed by atoms with Crippen LogP contribution < -0.4 is 10.1 Å². The summed E-state index contributed by atoms with van der Waals surface area (Å²) in [6.45, 7) is 1.35. The minimum absolute atomic E-state index is 0.0874. The minimum atomic E-state index is -4.77. The van der Waals surface area contributed by atoms with Crippen molar-refractivity contribution in [3.8, 4) is 5.75 Å². The van der Waals surface area contributed by atoms with E-state index in [0.717, 1.165) is 5.56 Å². The van der Waals surface area contributed by atoms with Crippen LogP contribution in [0.3, 0.4) is 0 Å². The van der Waals surface area contributed by atoms with Crippen molar-refractivity contribution < 1.29 is 41.0 Å². The van der Waals surface area contributed by atoms with Gasteiger partial charge in [0.05, 0.1) is 4.90 Å². The zero-order chi connectivity index (χ0) is 24.9. The predicted octanol–water partition coefficient (Wildman–Crippen LogP) is 3.70. The molecule has 0 aromatic heterocycles. The highest BCUT2D eigenvalue weighted by atomic mass is 32.2. The topological polar surface area (TPSA) is 105 Å². The molecule has 1 heterocycles. The minimum Gasteiger partial charge on any atom is -0.491 e. The average Bonchev–Trinajstić information content (AvgIpc) is 2.78. The molecular weight excluding hydrogens is 477 g/mol. The SMILES string of the molecule is Cc1ccc(S(=O)(=O)N2CCC(OC(=O)Nc3ccc(OCC(O)C(F)(F)F)cc3)CC2)cc1. The number of carbonyl (C=O) groups excluding carboxylic acids is 1. The van der Waals surface area contributed by atoms with Gasteiger partial charge in [0.25, 0.3) is 0 Å². The lowest BCUT2D eigenvalue weighted by Crippen LogP contribution is -2.41. The van der Waals surface area contributed by atoms with Crippen LogP contribution in [0.15, 0.2) is 53.4 Å². The summed E-state index contributed by atoms with van der Waals surface area (Å²) in [6, 6.07) is 12.1. The van der Waals surface area contributed by atoms with Crippen molar-refractivity contribution in [3.05, 3.63) is 54.1 Å². The van der Waals surface area contributed by atoms with Crippen LogP contribution in [0.25, 0.3) is 0 Å². The number of aryl methyl sites for hydroxylation is 1. The number of carbonyl (C=O) groups is 1. The van der Waals surface area contributed by atoms with Gasteiger partial charge < -0.3 is 14.6 Å². The second-order valence-electron chi connectivity index (χ2n) is 7.84. The Labute approximate surface area is 195 Å². The highest BCUT2D eigenvalue weighted by Crippen LogP contribution is 2.24. The van der Waals surface area contributed by atoms with Gasteiger partial charge in [-0.05, 0) is 56.2 Å². The summed E-state index contributed by atoms with van der Waals surface area (Å²) in [5, 5.41) is 11.4. The lowest BCUT2D eigenvalue weighted by atomic mass is 10.1. The summed E-state index contributed by atoms with van der Waals surface area (Å²) in [7, 11) is -3.61. The third-order valence-corrected chi connectivity index (χ3v) is 7.13. The first-order valence-electron chi connectivity index (χ1n) is 10.5. The number of anilines is 1. The van der Waals surface area contributed by atoms with Crippen molar-refractivity contribution in [1.29, 1.82) is 0 Å². The monoisotopic (exact) mass is 502 g/mol. The standard InChI is InChI=1S/C22H25F3N2O6S/c1-15-2-8-19(9-3-15)34(30,31)27-12-10-18(11-13-27)33-21(29)26-16-4-6-17(7-5-16)32-14-20(28)22(23,24)25/h2-9,18,20,28H,10-14H2,1H3,(H,26,29). The highest BCUT2D eigenvalue weighted by molar-refractivity contribution is 7.89. The molecule has 0 aliphatic carbocycles. The van der Waals surface area contributed by atoms with Crippen molar-refractivity contribution in [2.75, 3.05) is 25.0 Å². The quantitative estimate of drug-likeness (QED) is 0.598. The van der Waals surface area contributed by atoms with Crippen LogP contribution >= 0.6 is 0 Å². The number of hydrogen-bond acceptors (Lipinski definition) is 6. The number of sulfonamides is 1. The van der Waals surface area contributed by atoms with Crippen LogP contribution in [0.5, 0.6) is 5.75 Å². The first kappa shape index (κ1) is 25.8. The summed E-state index contributed by atoms with van der Waals surface area (Å²) >= 11 is 0. The number of rotatable bonds is 7. The Hall–Kier alpha value is -2.83. The maximum absolute atomic E-state index is 12.8. The van der Waals surface area contributed by atoms with Crippen LogP contribution in [0.1, 0.15) is 18.4 Å². The molecule has 12 heteroatoms. The molecule has 0 bridgehead atoms. The van der Waals surface area contributed by atoms with Gasteiger partial charge >= 0.3 is 12.3 Å². The third-order valence-electron chi connectivity index (χ3n) is 5.22. The van der Waals surface area contributed by atoms with E-state index in [1.165, 1.54) is 28.6 Å². The van der Waals surface area contributed by atoms with Gasteiger partial charge in [-0.1, -0.05) is 17.7 Å². The third kappa shape index (κ3) is 6.84. The van der Waals surface area contributed by atoms with Crippen LogP contribution in [-0.4, -0.2) is 62.0 Å². The number of amides is 1. The second-order valence-corrected chi connectivity index (χ2v) is 9.78. The van der Waals surface area contributed by atoms with Gasteiger partial charge in [-0.3, -0.25) is 5.32 Å². The number of aliphatic hydroxyl groups is 1. The number of halogens is 3. The van der Waals surface area contributed by atoms with Crippen LogP contribution in [0, 0.1) is 6.92 Å². The molecule has 34 heavy (non-hydrogen) atoms. The molecule has 2 aromatic rings. The van der Waals surface area contributed by atoms with E-state index in [0.29, 0.717) is 18.5 Å². The van der Waals surface area contributed by atoms with Gasteiger partial charge in [-0.2, -0.15) is 17.5 Å². The normalized spacial score (nSPS) is 16.6. The molecule has 1 saturated heterocycles. The summed E-state index contributed by atoms with van der Waals surface area (Å²) in [5.74, 6) is 0.0874. The molecule has 0 radical (unpaired) electrons. The Balaban J connectivity index is 1.45. The molecular formula is C22H25F3N2O6S. The maximum atomic E-state index is 12.8. The fourth-order valence-corrected chi connectivity index (χ4v) is 4.72. The molecule has 1 aliphatic heterocycles. The van der Waals surface area contributed by atoms with E-state index in [4.69, 9.17) is 14.6 Å². The van der Waals surface area contributed by atoms with Crippen molar-refractivity contribution in [1.82, 2.24) is 4.31 Å². The summed E-state index contributed by atoms with van der Waals surface area (Å²) in [5.41, 5.74) is 1.28. The summed E-state index contributed by atoms with van der Waals surface area (Å²) in [6.07, 6.45) is -7.89. The maximum Gasteiger partial charge on any atom is 0.417 e. The van der Waals surface area contributed by atoms with Gasteiger partial charge in [-0.25, -0.2) is 13.2 Å². The number of nitrogens with one attached hydrogen (secondary N) is 1. The van der Waals surface area contributed by atoms with Gasteiger partial charge in [0.1, 0.15) is 18.5 Å². The van der Waals surface area contributed by atoms with Crippen molar-refractivity contribution in [3.63, 3.8) is 0 Å². The number of hydrogen-bond donors (Lipinski definition) is 2. The van der Waals surface area contributed by atoms with E-state index in [9.17, 15) is 26.4 Å². The molecule has 0 spiro atoms. The fourth-order valence-electron chi connectivity index (χ4n) is 3.25. The van der Waals surface area contributed by atoms with Crippen molar-refractivity contribution in [2.24, 2.45) is 0 Å². The van der Waals surface area contributed by atoms with Crippen molar-refractivity contribution in [2.45, 2.75) is 43.0 Å². The number of benzene rings is 2. The van der Waals surface area contributed by atoms with Gasteiger partial charge in [0.2, 0.25) is 10.0 Å². The van der Waals surface area contributed by atoms with E-state index >= 15 is 0 Å².